The first kappa shape index (κ1) is 26.1. The van der Waals surface area contributed by atoms with E-state index in [0.717, 1.165) is 75.1 Å². The van der Waals surface area contributed by atoms with Crippen LogP contribution in [0.5, 0.6) is 11.5 Å². The average molecular weight is 577 g/mol. The average Bonchev–Trinajstić information content (AvgIpc) is 3.82. The van der Waals surface area contributed by atoms with Gasteiger partial charge in [0.05, 0.1) is 41.0 Å². The Morgan fingerprint density at radius 2 is 1.72 bits per heavy atom. The van der Waals surface area contributed by atoms with E-state index in [9.17, 15) is 4.79 Å². The Balaban J connectivity index is 1.09. The molecular weight excluding hydrogens is 540 g/mol. The van der Waals surface area contributed by atoms with Crippen molar-refractivity contribution in [2.24, 2.45) is 0 Å². The molecule has 9 heteroatoms. The van der Waals surface area contributed by atoms with E-state index >= 15 is 0 Å². The Bertz CT molecular complexity index is 1850. The molecule has 1 saturated carbocycles. The van der Waals surface area contributed by atoms with Gasteiger partial charge in [-0.1, -0.05) is 18.9 Å². The molecular formula is C34H36N6O3. The number of hydrogen-bond acceptors (Lipinski definition) is 5. The van der Waals surface area contributed by atoms with Gasteiger partial charge in [-0.2, -0.15) is 0 Å². The fraction of sp³-hybridized carbons (Fsp3) is 0.382. The number of aromatic nitrogens is 5. The number of carbonyl (C=O) groups excluding carboxylic acids is 1. The molecule has 0 spiro atoms. The van der Waals surface area contributed by atoms with Gasteiger partial charge in [-0.15, -0.1) is 0 Å². The molecule has 2 aliphatic heterocycles. The van der Waals surface area contributed by atoms with Gasteiger partial charge in [-0.05, 0) is 76.8 Å². The van der Waals surface area contributed by atoms with Crippen LogP contribution in [0.3, 0.4) is 0 Å². The SMILES string of the molecule is CC(C)(C)OC(=O)N1CCC[C@@H]1c1ncc(-c2ccc3c4c2ccn4-c2ccc(-c4cnc(C5CCCC5)[nH]4)cc2O3)[nH]1. The molecule has 0 bridgehead atoms. The lowest BCUT2D eigenvalue weighted by atomic mass is 10.1. The second-order valence-corrected chi connectivity index (χ2v) is 13.0. The summed E-state index contributed by atoms with van der Waals surface area (Å²) in [5, 5.41) is 1.08. The number of ether oxygens (including phenoxy) is 2. The second kappa shape index (κ2) is 9.76. The summed E-state index contributed by atoms with van der Waals surface area (Å²) >= 11 is 0. The molecule has 0 unspecified atom stereocenters. The molecule has 3 aromatic heterocycles. The first-order valence-corrected chi connectivity index (χ1v) is 15.4. The molecule has 2 aromatic carbocycles. The van der Waals surface area contributed by atoms with Gasteiger partial charge in [0.1, 0.15) is 17.2 Å². The first-order valence-electron chi connectivity index (χ1n) is 15.4. The zero-order chi connectivity index (χ0) is 29.3. The normalized spacial score (nSPS) is 18.3. The van der Waals surface area contributed by atoms with Gasteiger partial charge in [-0.25, -0.2) is 14.8 Å². The smallest absolute Gasteiger partial charge is 0.410 e. The Morgan fingerprint density at radius 3 is 2.56 bits per heavy atom. The Labute approximate surface area is 250 Å². The lowest BCUT2D eigenvalue weighted by Crippen LogP contribution is -2.36. The largest absolute Gasteiger partial charge is 0.453 e. The van der Waals surface area contributed by atoms with Crippen LogP contribution < -0.4 is 4.74 Å². The molecule has 5 aromatic rings. The van der Waals surface area contributed by atoms with Crippen molar-refractivity contribution >= 4 is 17.0 Å². The third kappa shape index (κ3) is 4.49. The quantitative estimate of drug-likeness (QED) is 0.220. The molecule has 3 aliphatic rings. The van der Waals surface area contributed by atoms with Crippen molar-refractivity contribution in [2.45, 2.75) is 76.9 Å². The van der Waals surface area contributed by atoms with Gasteiger partial charge in [0.2, 0.25) is 0 Å². The van der Waals surface area contributed by atoms with Crippen molar-refractivity contribution < 1.29 is 14.3 Å². The standard InChI is InChI=1S/C34H36N6O3/c1-34(2,3)43-33(41)40-15-6-9-27(40)32-36-19-25(38-32)22-11-13-28-30-23(22)14-16-39(30)26-12-10-21(17-29(26)42-28)24-18-35-31(37-24)20-7-4-5-8-20/h10-14,16-20,27H,4-9,15H2,1-3H3,(H,35,37)(H,36,38)/t27-/m1/s1. The number of amides is 1. The van der Waals surface area contributed by atoms with E-state index in [1.165, 1.54) is 25.7 Å². The minimum absolute atomic E-state index is 0.129. The number of imidazole rings is 2. The number of rotatable bonds is 4. The summed E-state index contributed by atoms with van der Waals surface area (Å²) in [5.74, 6) is 4.07. The molecule has 1 saturated heterocycles. The maximum atomic E-state index is 12.9. The number of likely N-dealkylation sites (tertiary alicyclic amines) is 1. The molecule has 0 radical (unpaired) electrons. The fourth-order valence-corrected chi connectivity index (χ4v) is 6.95. The summed E-state index contributed by atoms with van der Waals surface area (Å²) in [6.07, 6.45) is 12.4. The molecule has 9 nitrogen and oxygen atoms in total. The highest BCUT2D eigenvalue weighted by molar-refractivity contribution is 6.00. The Hall–Kier alpha value is -4.53. The summed E-state index contributed by atoms with van der Waals surface area (Å²) in [5.41, 5.74) is 5.53. The van der Waals surface area contributed by atoms with E-state index in [2.05, 4.69) is 51.1 Å². The lowest BCUT2D eigenvalue weighted by molar-refractivity contribution is 0.0218. The van der Waals surface area contributed by atoms with Gasteiger partial charge < -0.3 is 24.0 Å². The molecule has 2 N–H and O–H groups in total. The van der Waals surface area contributed by atoms with Crippen molar-refractivity contribution in [3.05, 3.63) is 66.6 Å². The van der Waals surface area contributed by atoms with Gasteiger partial charge in [-0.3, -0.25) is 4.90 Å². The van der Waals surface area contributed by atoms with Crippen LogP contribution in [-0.4, -0.2) is 47.6 Å². The summed E-state index contributed by atoms with van der Waals surface area (Å²) in [6.45, 7) is 6.34. The number of nitrogens with zero attached hydrogens (tertiary/aromatic N) is 4. The first-order chi connectivity index (χ1) is 20.8. The summed E-state index contributed by atoms with van der Waals surface area (Å²) in [6, 6.07) is 12.5. The topological polar surface area (TPSA) is 101 Å². The van der Waals surface area contributed by atoms with Crippen LogP contribution in [0.2, 0.25) is 0 Å². The molecule has 43 heavy (non-hydrogen) atoms. The number of fused-ring (bicyclic) bond motifs is 2. The molecule has 5 heterocycles. The van der Waals surface area contributed by atoms with Crippen molar-refractivity contribution in [3.63, 3.8) is 0 Å². The molecule has 1 amide bonds. The van der Waals surface area contributed by atoms with Crippen molar-refractivity contribution in [1.82, 2.24) is 29.4 Å². The zero-order valence-corrected chi connectivity index (χ0v) is 24.8. The minimum atomic E-state index is -0.538. The number of aromatic amines is 2. The maximum absolute atomic E-state index is 12.9. The summed E-state index contributed by atoms with van der Waals surface area (Å²) in [7, 11) is 0. The predicted octanol–water partition coefficient (Wildman–Crippen LogP) is 8.25. The molecule has 8 rings (SSSR count). The highest BCUT2D eigenvalue weighted by atomic mass is 16.6. The van der Waals surface area contributed by atoms with E-state index in [1.807, 2.05) is 39.2 Å². The van der Waals surface area contributed by atoms with Gasteiger partial charge >= 0.3 is 6.09 Å². The number of benzene rings is 2. The predicted molar refractivity (Wildman–Crippen MR) is 165 cm³/mol. The Kier molecular flexibility index (Phi) is 5.93. The van der Waals surface area contributed by atoms with Crippen LogP contribution >= 0.6 is 0 Å². The van der Waals surface area contributed by atoms with Crippen LogP contribution in [0.25, 0.3) is 39.1 Å². The third-order valence-electron chi connectivity index (χ3n) is 8.98. The number of hydrogen-bond donors (Lipinski definition) is 2. The van der Waals surface area contributed by atoms with Crippen LogP contribution in [-0.2, 0) is 4.74 Å². The second-order valence-electron chi connectivity index (χ2n) is 13.0. The summed E-state index contributed by atoms with van der Waals surface area (Å²) in [4.78, 5) is 31.2. The fourth-order valence-electron chi connectivity index (χ4n) is 6.95. The van der Waals surface area contributed by atoms with E-state index in [4.69, 9.17) is 19.4 Å². The highest BCUT2D eigenvalue weighted by Gasteiger charge is 2.35. The van der Waals surface area contributed by atoms with Crippen LogP contribution in [0.15, 0.2) is 55.0 Å². The van der Waals surface area contributed by atoms with Gasteiger partial charge in [0.25, 0.3) is 0 Å². The summed E-state index contributed by atoms with van der Waals surface area (Å²) < 4.78 is 14.4. The van der Waals surface area contributed by atoms with Gasteiger partial charge in [0, 0.05) is 35.2 Å². The molecule has 1 atom stereocenters. The molecule has 1 aliphatic carbocycles. The number of H-pyrrole nitrogens is 2. The van der Waals surface area contributed by atoms with E-state index in [0.29, 0.717) is 12.5 Å². The number of nitrogens with one attached hydrogen (secondary N) is 2. The minimum Gasteiger partial charge on any atom is -0.453 e. The van der Waals surface area contributed by atoms with Crippen LogP contribution in [0.4, 0.5) is 4.79 Å². The lowest BCUT2D eigenvalue weighted by Gasteiger charge is -2.27. The van der Waals surface area contributed by atoms with Crippen LogP contribution in [0.1, 0.15) is 82.9 Å². The zero-order valence-electron chi connectivity index (χ0n) is 24.8. The number of carbonyl (C=O) groups is 1. The third-order valence-corrected chi connectivity index (χ3v) is 8.98. The van der Waals surface area contributed by atoms with Crippen molar-refractivity contribution in [3.8, 4) is 39.7 Å². The highest BCUT2D eigenvalue weighted by Crippen LogP contribution is 2.45. The van der Waals surface area contributed by atoms with E-state index in [1.54, 1.807) is 4.90 Å². The Morgan fingerprint density at radius 1 is 0.930 bits per heavy atom. The monoisotopic (exact) mass is 576 g/mol. The van der Waals surface area contributed by atoms with Crippen LogP contribution in [0, 0.1) is 0 Å². The van der Waals surface area contributed by atoms with E-state index < -0.39 is 5.60 Å². The molecule has 220 valence electrons. The van der Waals surface area contributed by atoms with Crippen molar-refractivity contribution in [1.29, 1.82) is 0 Å². The maximum Gasteiger partial charge on any atom is 0.410 e. The van der Waals surface area contributed by atoms with Crippen molar-refractivity contribution in [2.75, 3.05) is 6.54 Å². The van der Waals surface area contributed by atoms with E-state index in [-0.39, 0.29) is 12.1 Å². The van der Waals surface area contributed by atoms with Gasteiger partial charge in [0.15, 0.2) is 11.5 Å². The molecule has 2 fully saturated rings.